The van der Waals surface area contributed by atoms with E-state index in [1.807, 2.05) is 0 Å². The third-order valence-electron chi connectivity index (χ3n) is 13.7. The first-order valence-electron chi connectivity index (χ1n) is 23.6. The van der Waals surface area contributed by atoms with Gasteiger partial charge in [0.1, 0.15) is 146 Å². The Balaban J connectivity index is 1.17. The molecule has 12 unspecified atom stereocenters. The lowest BCUT2D eigenvalue weighted by atomic mass is 9.93. The van der Waals surface area contributed by atoms with Crippen LogP contribution in [0.4, 0.5) is 0 Å². The molecule has 0 aromatic carbocycles. The van der Waals surface area contributed by atoms with Gasteiger partial charge in [-0.3, -0.25) is 0 Å². The first-order chi connectivity index (χ1) is 35.0. The molecule has 0 amide bonds. The summed E-state index contributed by atoms with van der Waals surface area (Å²) in [5.41, 5.74) is -1.69. The number of rotatable bonds is 21. The molecule has 0 aromatic rings. The van der Waals surface area contributed by atoms with Crippen LogP contribution in [0.3, 0.4) is 0 Å². The third-order valence-corrected chi connectivity index (χ3v) is 13.7. The number of aliphatic hydroxyl groups excluding tert-OH is 21. The molecule has 6 fully saturated rings. The van der Waals surface area contributed by atoms with Crippen molar-refractivity contribution in [2.45, 2.75) is 191 Å². The van der Waals surface area contributed by atoms with E-state index < -0.39 is 249 Å². The molecule has 6 aliphatic heterocycles. The zero-order valence-electron chi connectivity index (χ0n) is 39.5. The van der Waals surface area contributed by atoms with Gasteiger partial charge in [-0.05, 0) is 0 Å². The standard InChI is InChI=1S/C41H72O33/c1-41(8-63-35-29(60)23(54)32(14(5-45)69-35)72-38-26(57)20(51)17(48)11(2-42)66-38,9-64-36-30(61)24(55)33(15(6-46)70-36)73-39-27(58)21(52)18(49)12(3-43)67-39)10-65-37-31(62)25(56)34(16(7-47)71-37)74-40-28(59)22(53)19(50)13(4-44)68-40/h11-40,42-62H,2-10H2,1H3/t11?,12?,13?,14?,15?,16?,17-,18-,19-,20-,21-,22-,23+,24+,25+,26?,27?,28?,29?,30?,31?,32-,33-,34-,35+,36+,37+,38-,39-,40-,41?/m0/s1. The van der Waals surface area contributed by atoms with Gasteiger partial charge in [0.15, 0.2) is 37.7 Å². The van der Waals surface area contributed by atoms with Gasteiger partial charge in [0, 0.05) is 5.41 Å². The molecule has 6 aliphatic rings. The normalized spacial score (nSPS) is 50.4. The van der Waals surface area contributed by atoms with E-state index in [0.717, 1.165) is 0 Å². The van der Waals surface area contributed by atoms with Crippen LogP contribution < -0.4 is 0 Å². The van der Waals surface area contributed by atoms with E-state index in [1.165, 1.54) is 6.92 Å². The van der Waals surface area contributed by atoms with Gasteiger partial charge < -0.3 is 164 Å². The fraction of sp³-hybridized carbons (Fsp3) is 1.00. The van der Waals surface area contributed by atoms with Crippen LogP contribution in [0.1, 0.15) is 6.92 Å². The van der Waals surface area contributed by atoms with E-state index in [4.69, 9.17) is 56.8 Å². The van der Waals surface area contributed by atoms with Crippen molar-refractivity contribution >= 4 is 0 Å². The van der Waals surface area contributed by atoms with Crippen LogP contribution in [0, 0.1) is 5.41 Å². The Labute approximate surface area is 419 Å². The second-order valence-corrected chi connectivity index (χ2v) is 19.3. The van der Waals surface area contributed by atoms with E-state index >= 15 is 0 Å². The molecular weight excluding hydrogens is 1020 g/mol. The minimum absolute atomic E-state index is 0.701. The molecule has 0 saturated carbocycles. The van der Waals surface area contributed by atoms with Gasteiger partial charge in [0.2, 0.25) is 0 Å². The molecule has 6 rings (SSSR count). The summed E-state index contributed by atoms with van der Waals surface area (Å²) in [7, 11) is 0. The molecular formula is C41H72O33. The Morgan fingerprint density at radius 1 is 0.270 bits per heavy atom. The maximum absolute atomic E-state index is 11.2. The maximum Gasteiger partial charge on any atom is 0.187 e. The molecule has 6 saturated heterocycles. The summed E-state index contributed by atoms with van der Waals surface area (Å²) in [5.74, 6) is 0. The third kappa shape index (κ3) is 13.3. The van der Waals surface area contributed by atoms with Crippen molar-refractivity contribution in [3.63, 3.8) is 0 Å². The van der Waals surface area contributed by atoms with Crippen LogP contribution >= 0.6 is 0 Å². The van der Waals surface area contributed by atoms with Crippen LogP contribution in [0.15, 0.2) is 0 Å². The fourth-order valence-electron chi connectivity index (χ4n) is 9.05. The Morgan fingerprint density at radius 2 is 0.473 bits per heavy atom. The zero-order valence-corrected chi connectivity index (χ0v) is 39.5. The summed E-state index contributed by atoms with van der Waals surface area (Å²) in [6.07, 6.45) is -54.7. The summed E-state index contributed by atoms with van der Waals surface area (Å²) < 4.78 is 67.6. The number of ether oxygens (including phenoxy) is 12. The molecule has 0 aliphatic carbocycles. The Morgan fingerprint density at radius 3 is 0.689 bits per heavy atom. The fourth-order valence-corrected chi connectivity index (χ4v) is 9.05. The molecule has 0 bridgehead atoms. The van der Waals surface area contributed by atoms with E-state index in [1.54, 1.807) is 0 Å². The Bertz CT molecular complexity index is 1480. The lowest BCUT2D eigenvalue weighted by Gasteiger charge is -2.47. The molecule has 33 nitrogen and oxygen atoms in total. The highest BCUT2D eigenvalue weighted by Crippen LogP contribution is 2.35. The number of hydrogen-bond donors (Lipinski definition) is 21. The van der Waals surface area contributed by atoms with Gasteiger partial charge in [-0.2, -0.15) is 0 Å². The minimum Gasteiger partial charge on any atom is -0.394 e. The van der Waals surface area contributed by atoms with Crippen LogP contribution in [0.2, 0.25) is 0 Å². The second kappa shape index (κ2) is 26.8. The van der Waals surface area contributed by atoms with Crippen molar-refractivity contribution in [2.75, 3.05) is 59.5 Å². The summed E-state index contributed by atoms with van der Waals surface area (Å²) in [6, 6.07) is 0. The highest BCUT2D eigenvalue weighted by atomic mass is 16.8. The summed E-state index contributed by atoms with van der Waals surface area (Å²) in [4.78, 5) is 0. The van der Waals surface area contributed by atoms with Gasteiger partial charge in [0.25, 0.3) is 0 Å². The first-order valence-corrected chi connectivity index (χ1v) is 23.6. The number of aliphatic hydroxyl groups is 21. The van der Waals surface area contributed by atoms with Crippen molar-refractivity contribution in [1.29, 1.82) is 0 Å². The van der Waals surface area contributed by atoms with Crippen LogP contribution in [0.25, 0.3) is 0 Å². The van der Waals surface area contributed by atoms with E-state index in [2.05, 4.69) is 0 Å². The molecule has 0 aromatic heterocycles. The summed E-state index contributed by atoms with van der Waals surface area (Å²) >= 11 is 0. The molecule has 74 heavy (non-hydrogen) atoms. The second-order valence-electron chi connectivity index (χ2n) is 19.3. The quantitative estimate of drug-likeness (QED) is 0.0507. The highest BCUT2D eigenvalue weighted by Gasteiger charge is 2.55. The molecule has 0 spiro atoms. The Kier molecular flexibility index (Phi) is 22.4. The van der Waals surface area contributed by atoms with Crippen molar-refractivity contribution in [3.8, 4) is 0 Å². The zero-order chi connectivity index (χ0) is 54.7. The number of hydrogen-bond acceptors (Lipinski definition) is 33. The highest BCUT2D eigenvalue weighted by molar-refractivity contribution is 4.98. The monoisotopic (exact) mass is 1090 g/mol. The molecule has 21 N–H and O–H groups in total. The topological polar surface area (TPSA) is 536 Å². The van der Waals surface area contributed by atoms with Crippen molar-refractivity contribution in [1.82, 2.24) is 0 Å². The summed E-state index contributed by atoms with van der Waals surface area (Å²) in [6.45, 7) is -6.12. The minimum atomic E-state index is -2.06. The van der Waals surface area contributed by atoms with Gasteiger partial charge in [-0.1, -0.05) is 6.92 Å². The smallest absolute Gasteiger partial charge is 0.187 e. The summed E-state index contributed by atoms with van der Waals surface area (Å²) in [5, 5.41) is 220. The molecule has 0 radical (unpaired) electrons. The van der Waals surface area contributed by atoms with Crippen LogP contribution in [0.5, 0.6) is 0 Å². The molecule has 6 heterocycles. The lowest BCUT2D eigenvalue weighted by Crippen LogP contribution is -2.65. The predicted octanol–water partition coefficient (Wildman–Crippen LogP) is -14.1. The van der Waals surface area contributed by atoms with E-state index in [-0.39, 0.29) is 0 Å². The molecule has 33 heteroatoms. The van der Waals surface area contributed by atoms with Gasteiger partial charge in [0.05, 0.1) is 59.5 Å². The van der Waals surface area contributed by atoms with Gasteiger partial charge >= 0.3 is 0 Å². The Hall–Kier alpha value is -1.32. The molecule has 434 valence electrons. The average molecular weight is 1090 g/mol. The van der Waals surface area contributed by atoms with Gasteiger partial charge in [-0.25, -0.2) is 0 Å². The maximum atomic E-state index is 11.2. The average Bonchev–Trinajstić information content (AvgIpc) is 3.39. The lowest BCUT2D eigenvalue weighted by molar-refractivity contribution is -0.369. The van der Waals surface area contributed by atoms with E-state index in [9.17, 15) is 107 Å². The molecule has 30 atom stereocenters. The largest absolute Gasteiger partial charge is 0.394 e. The van der Waals surface area contributed by atoms with Crippen LogP contribution in [-0.4, -0.2) is 351 Å². The van der Waals surface area contributed by atoms with Crippen molar-refractivity contribution < 1.29 is 164 Å². The van der Waals surface area contributed by atoms with Crippen molar-refractivity contribution in [3.05, 3.63) is 0 Å². The SMILES string of the molecule is CC(CO[C@@H]1OC(CO)[C@H](O[C@@H]2OC(CO)[C@H](O)[C@H](O)C2O)[C@H](O)C1O)(CO[C@@H]1OC(CO)[C@H](O[C@@H]2OC(CO)[C@H](O)[C@H](O)C2O)[C@H](O)C1O)CO[C@@H]1OC(CO)[C@H](O[C@@H]2OC(CO)[C@H](O)[C@H](O)C2O)[C@H](O)C1O. The van der Waals surface area contributed by atoms with Crippen molar-refractivity contribution in [2.24, 2.45) is 5.41 Å². The first kappa shape index (κ1) is 61.9. The van der Waals surface area contributed by atoms with E-state index in [0.29, 0.717) is 0 Å². The van der Waals surface area contributed by atoms with Gasteiger partial charge in [-0.15, -0.1) is 0 Å². The predicted molar refractivity (Wildman–Crippen MR) is 225 cm³/mol. The van der Waals surface area contributed by atoms with Crippen LogP contribution in [-0.2, 0) is 56.8 Å².